The van der Waals surface area contributed by atoms with E-state index in [-0.39, 0.29) is 10.1 Å². The van der Waals surface area contributed by atoms with E-state index in [1.807, 2.05) is 0 Å². The molecular formula is C33H60O3Si2. The van der Waals surface area contributed by atoms with E-state index in [1.54, 1.807) is 7.11 Å². The Balaban J connectivity index is 2.89. The summed E-state index contributed by atoms with van der Waals surface area (Å²) in [6.07, 6.45) is 7.08. The molecule has 38 heavy (non-hydrogen) atoms. The highest BCUT2D eigenvalue weighted by Gasteiger charge is 2.45. The van der Waals surface area contributed by atoms with Gasteiger partial charge in [0.1, 0.15) is 5.75 Å². The highest BCUT2D eigenvalue weighted by Crippen LogP contribution is 2.58. The van der Waals surface area contributed by atoms with E-state index in [0.717, 1.165) is 29.2 Å². The fourth-order valence-electron chi connectivity index (χ4n) is 5.12. The molecule has 0 heterocycles. The summed E-state index contributed by atoms with van der Waals surface area (Å²) in [4.78, 5) is 0. The largest absolute Gasteiger partial charge is 0.543 e. The average Bonchev–Trinajstić information content (AvgIpc) is 2.74. The molecule has 0 saturated heterocycles. The van der Waals surface area contributed by atoms with Crippen molar-refractivity contribution in [2.45, 2.75) is 150 Å². The van der Waals surface area contributed by atoms with Gasteiger partial charge in [-0.25, -0.2) is 0 Å². The minimum Gasteiger partial charge on any atom is -0.543 e. The zero-order valence-electron chi connectivity index (χ0n) is 27.9. The molecule has 0 aliphatic heterocycles. The van der Waals surface area contributed by atoms with Crippen LogP contribution in [-0.2, 0) is 0 Å². The lowest BCUT2D eigenvalue weighted by molar-refractivity contribution is 0.339. The standard InChI is InChI=1S/C33H60O3Si2/c1-22(2)18-17-19-23(3)26-21-20-24(4)27-28(26)29(35-37(13,14)32(6,7)8)25(5)30(34-12)31(27)36-38(15,16)33(9,10)11/h18,23-24,26H,17,19-21H2,1-16H3/t23-,24-,26+/m0/s1. The van der Waals surface area contributed by atoms with Crippen LogP contribution in [-0.4, -0.2) is 23.7 Å². The molecule has 0 aromatic heterocycles. The Kier molecular flexibility index (Phi) is 10.2. The first-order chi connectivity index (χ1) is 17.2. The third-order valence-electron chi connectivity index (χ3n) is 9.83. The molecule has 0 unspecified atom stereocenters. The molecule has 3 atom stereocenters. The number of fused-ring (bicyclic) bond motifs is 1. The molecule has 0 amide bonds. The van der Waals surface area contributed by atoms with Crippen LogP contribution in [0.15, 0.2) is 11.6 Å². The molecule has 1 aliphatic carbocycles. The fraction of sp³-hybridized carbons (Fsp3) is 0.758. The molecule has 3 nitrogen and oxygen atoms in total. The first kappa shape index (κ1) is 33.0. The van der Waals surface area contributed by atoms with Gasteiger partial charge in [-0.2, -0.15) is 0 Å². The van der Waals surface area contributed by atoms with Crippen molar-refractivity contribution >= 4 is 16.6 Å². The number of ether oxygens (including phenoxy) is 1. The van der Waals surface area contributed by atoms with E-state index < -0.39 is 16.6 Å². The summed E-state index contributed by atoms with van der Waals surface area (Å²) in [6, 6.07) is 0. The normalized spacial score (nSPS) is 19.5. The number of benzene rings is 1. The van der Waals surface area contributed by atoms with Crippen molar-refractivity contribution in [2.75, 3.05) is 7.11 Å². The van der Waals surface area contributed by atoms with Gasteiger partial charge in [0.2, 0.25) is 0 Å². The second kappa shape index (κ2) is 11.7. The van der Waals surface area contributed by atoms with Gasteiger partial charge in [0.25, 0.3) is 16.6 Å². The van der Waals surface area contributed by atoms with E-state index in [1.165, 1.54) is 36.0 Å². The highest BCUT2D eigenvalue weighted by atomic mass is 28.4. The molecule has 0 radical (unpaired) electrons. The molecule has 0 fully saturated rings. The quantitative estimate of drug-likeness (QED) is 0.222. The summed E-state index contributed by atoms with van der Waals surface area (Å²) >= 11 is 0. The third kappa shape index (κ3) is 6.92. The van der Waals surface area contributed by atoms with Crippen LogP contribution in [0.2, 0.25) is 36.3 Å². The maximum Gasteiger partial charge on any atom is 0.250 e. The van der Waals surface area contributed by atoms with E-state index in [2.05, 4.69) is 108 Å². The van der Waals surface area contributed by atoms with Crippen LogP contribution in [0.4, 0.5) is 0 Å². The molecule has 1 aromatic carbocycles. The van der Waals surface area contributed by atoms with Gasteiger partial charge >= 0.3 is 0 Å². The number of methoxy groups -OCH3 is 1. The van der Waals surface area contributed by atoms with Crippen LogP contribution < -0.4 is 13.6 Å². The summed E-state index contributed by atoms with van der Waals surface area (Å²) in [5, 5.41) is 0.213. The monoisotopic (exact) mass is 560 g/mol. The lowest BCUT2D eigenvalue weighted by Crippen LogP contribution is -2.45. The summed E-state index contributed by atoms with van der Waals surface area (Å²) in [5.74, 6) is 4.40. The zero-order chi connectivity index (χ0) is 29.4. The maximum absolute atomic E-state index is 7.26. The molecule has 218 valence electrons. The van der Waals surface area contributed by atoms with Crippen molar-refractivity contribution in [3.63, 3.8) is 0 Å². The Morgan fingerprint density at radius 1 is 0.868 bits per heavy atom. The lowest BCUT2D eigenvalue weighted by Gasteiger charge is -2.44. The molecular weight excluding hydrogens is 501 g/mol. The second-order valence-electron chi connectivity index (χ2n) is 15.3. The van der Waals surface area contributed by atoms with E-state index in [9.17, 15) is 0 Å². The van der Waals surface area contributed by atoms with Gasteiger partial charge in [0, 0.05) is 16.7 Å². The average molecular weight is 561 g/mol. The fourth-order valence-corrected chi connectivity index (χ4v) is 7.22. The Labute approximate surface area is 238 Å². The van der Waals surface area contributed by atoms with Gasteiger partial charge in [-0.1, -0.05) is 67.0 Å². The molecule has 0 N–H and O–H groups in total. The van der Waals surface area contributed by atoms with Gasteiger partial charge in [-0.05, 0) is 100 Å². The van der Waals surface area contributed by atoms with Gasteiger partial charge in [-0.3, -0.25) is 0 Å². The van der Waals surface area contributed by atoms with Crippen molar-refractivity contribution in [1.82, 2.24) is 0 Å². The molecule has 5 heteroatoms. The Morgan fingerprint density at radius 2 is 1.37 bits per heavy atom. The van der Waals surface area contributed by atoms with Crippen molar-refractivity contribution < 1.29 is 13.6 Å². The SMILES string of the molecule is COc1c(C)c(O[Si](C)(C)C(C)(C)C)c2c(c1O[Si](C)(C)C(C)(C)C)[C@@H](C)CC[C@@H]2[C@@H](C)CCC=C(C)C. The van der Waals surface area contributed by atoms with Gasteiger partial charge in [-0.15, -0.1) is 0 Å². The van der Waals surface area contributed by atoms with Crippen molar-refractivity contribution in [1.29, 1.82) is 0 Å². The minimum absolute atomic E-state index is 0.101. The van der Waals surface area contributed by atoms with Crippen LogP contribution in [0.3, 0.4) is 0 Å². The van der Waals surface area contributed by atoms with Crippen molar-refractivity contribution in [3.8, 4) is 17.2 Å². The zero-order valence-corrected chi connectivity index (χ0v) is 29.9. The van der Waals surface area contributed by atoms with E-state index in [4.69, 9.17) is 13.6 Å². The minimum atomic E-state index is -2.10. The summed E-state index contributed by atoms with van der Waals surface area (Å²) < 4.78 is 20.7. The smallest absolute Gasteiger partial charge is 0.250 e. The van der Waals surface area contributed by atoms with Crippen molar-refractivity contribution in [2.24, 2.45) is 5.92 Å². The Morgan fingerprint density at radius 3 is 1.82 bits per heavy atom. The predicted octanol–water partition coefficient (Wildman–Crippen LogP) is 11.1. The molecule has 0 bridgehead atoms. The van der Waals surface area contributed by atoms with Crippen LogP contribution in [0.1, 0.15) is 123 Å². The van der Waals surface area contributed by atoms with Gasteiger partial charge in [0.15, 0.2) is 11.5 Å². The number of allylic oxidation sites excluding steroid dienone is 2. The first-order valence-corrected chi connectivity index (χ1v) is 20.7. The Hall–Kier alpha value is -1.21. The third-order valence-corrected chi connectivity index (χ3v) is 18.5. The number of rotatable bonds is 9. The van der Waals surface area contributed by atoms with E-state index in [0.29, 0.717) is 17.8 Å². The van der Waals surface area contributed by atoms with Gasteiger partial charge in [0.05, 0.1) is 7.11 Å². The Bertz CT molecular complexity index is 1000. The first-order valence-electron chi connectivity index (χ1n) is 14.9. The summed E-state index contributed by atoms with van der Waals surface area (Å²) in [5.41, 5.74) is 5.30. The molecule has 2 rings (SSSR count). The number of hydrogen-bond donors (Lipinski definition) is 0. The van der Waals surface area contributed by atoms with Crippen molar-refractivity contribution in [3.05, 3.63) is 28.3 Å². The van der Waals surface area contributed by atoms with Crippen LogP contribution in [0.5, 0.6) is 17.2 Å². The topological polar surface area (TPSA) is 27.7 Å². The summed E-state index contributed by atoms with van der Waals surface area (Å²) in [6.45, 7) is 34.8. The van der Waals surface area contributed by atoms with Crippen LogP contribution in [0.25, 0.3) is 0 Å². The number of hydrogen-bond acceptors (Lipinski definition) is 3. The maximum atomic E-state index is 7.26. The molecule has 1 aromatic rings. The second-order valence-corrected chi connectivity index (χ2v) is 24.7. The molecule has 0 saturated carbocycles. The highest BCUT2D eigenvalue weighted by molar-refractivity contribution is 6.75. The van der Waals surface area contributed by atoms with Gasteiger partial charge < -0.3 is 13.6 Å². The predicted molar refractivity (Wildman–Crippen MR) is 172 cm³/mol. The van der Waals surface area contributed by atoms with E-state index >= 15 is 0 Å². The summed E-state index contributed by atoms with van der Waals surface area (Å²) in [7, 11) is -2.39. The molecule has 0 spiro atoms. The van der Waals surface area contributed by atoms with Crippen LogP contribution in [0, 0.1) is 12.8 Å². The van der Waals surface area contributed by atoms with Crippen LogP contribution >= 0.6 is 0 Å². The lowest BCUT2D eigenvalue weighted by atomic mass is 9.70. The molecule has 1 aliphatic rings.